The number of hydrogen-bond donors (Lipinski definition) is 1. The summed E-state index contributed by atoms with van der Waals surface area (Å²) in [7, 11) is 1.19. The second-order valence-corrected chi connectivity index (χ2v) is 3.06. The zero-order chi connectivity index (χ0) is 12.1. The molecule has 0 aliphatic heterocycles. The Hall–Kier alpha value is -1.82. The standard InChI is InChI=1S/C9H8ClNO5/c1-15-9(14)5-2-7(10)11-3-6(5)16-4-8(12)13/h2-3H,4H2,1H3,(H,12,13). The van der Waals surface area contributed by atoms with Crippen molar-refractivity contribution in [2.45, 2.75) is 0 Å². The van der Waals surface area contributed by atoms with Gasteiger partial charge in [0, 0.05) is 0 Å². The number of carbonyl (C=O) groups is 2. The van der Waals surface area contributed by atoms with Crippen molar-refractivity contribution in [1.82, 2.24) is 4.98 Å². The predicted molar refractivity (Wildman–Crippen MR) is 53.7 cm³/mol. The van der Waals surface area contributed by atoms with E-state index in [1.807, 2.05) is 0 Å². The Kier molecular flexibility index (Phi) is 4.07. The maximum Gasteiger partial charge on any atom is 0.341 e. The predicted octanol–water partition coefficient (Wildman–Crippen LogP) is 0.985. The summed E-state index contributed by atoms with van der Waals surface area (Å²) in [6.07, 6.45) is 1.16. The zero-order valence-corrected chi connectivity index (χ0v) is 9.02. The van der Waals surface area contributed by atoms with E-state index < -0.39 is 18.5 Å². The summed E-state index contributed by atoms with van der Waals surface area (Å²) < 4.78 is 9.34. The van der Waals surface area contributed by atoms with Crippen LogP contribution in [0.3, 0.4) is 0 Å². The van der Waals surface area contributed by atoms with E-state index in [2.05, 4.69) is 9.72 Å². The first-order chi connectivity index (χ1) is 7.54. The van der Waals surface area contributed by atoms with Gasteiger partial charge in [0.15, 0.2) is 12.4 Å². The van der Waals surface area contributed by atoms with Crippen molar-refractivity contribution in [3.05, 3.63) is 23.0 Å². The third kappa shape index (κ3) is 3.09. The lowest BCUT2D eigenvalue weighted by Gasteiger charge is -2.07. The van der Waals surface area contributed by atoms with Crippen molar-refractivity contribution in [3.8, 4) is 5.75 Å². The Morgan fingerprint density at radius 2 is 2.25 bits per heavy atom. The van der Waals surface area contributed by atoms with E-state index in [0.717, 1.165) is 6.20 Å². The van der Waals surface area contributed by atoms with Crippen LogP contribution in [0.25, 0.3) is 0 Å². The van der Waals surface area contributed by atoms with Gasteiger partial charge in [-0.25, -0.2) is 14.6 Å². The Bertz CT molecular complexity index is 420. The van der Waals surface area contributed by atoms with Gasteiger partial charge in [0.05, 0.1) is 13.3 Å². The van der Waals surface area contributed by atoms with Gasteiger partial charge >= 0.3 is 11.9 Å². The Morgan fingerprint density at radius 1 is 1.56 bits per heavy atom. The van der Waals surface area contributed by atoms with Crippen LogP contribution in [0.1, 0.15) is 10.4 Å². The molecule has 0 aliphatic carbocycles. The molecule has 1 aromatic heterocycles. The van der Waals surface area contributed by atoms with Gasteiger partial charge in [0.2, 0.25) is 0 Å². The molecule has 0 bridgehead atoms. The van der Waals surface area contributed by atoms with Gasteiger partial charge in [-0.15, -0.1) is 0 Å². The third-order valence-electron chi connectivity index (χ3n) is 1.59. The number of carboxylic acids is 1. The summed E-state index contributed by atoms with van der Waals surface area (Å²) in [5.41, 5.74) is 0.0313. The SMILES string of the molecule is COC(=O)c1cc(Cl)ncc1OCC(=O)O. The second-order valence-electron chi connectivity index (χ2n) is 2.68. The number of methoxy groups -OCH3 is 1. The number of rotatable bonds is 4. The molecule has 0 saturated heterocycles. The van der Waals surface area contributed by atoms with Gasteiger partial charge in [0.1, 0.15) is 10.7 Å². The smallest absolute Gasteiger partial charge is 0.341 e. The number of halogens is 1. The number of aliphatic carboxylic acids is 1. The van der Waals surface area contributed by atoms with Crippen LogP contribution in [-0.4, -0.2) is 35.7 Å². The van der Waals surface area contributed by atoms with Crippen LogP contribution in [0.4, 0.5) is 0 Å². The highest BCUT2D eigenvalue weighted by atomic mass is 35.5. The molecule has 0 atom stereocenters. The summed E-state index contributed by atoms with van der Waals surface area (Å²) in [6.45, 7) is -0.576. The van der Waals surface area contributed by atoms with Gasteiger partial charge < -0.3 is 14.6 Å². The van der Waals surface area contributed by atoms with Crippen LogP contribution >= 0.6 is 11.6 Å². The van der Waals surface area contributed by atoms with E-state index in [1.165, 1.54) is 13.2 Å². The van der Waals surface area contributed by atoms with Crippen LogP contribution in [-0.2, 0) is 9.53 Å². The molecule has 1 aromatic rings. The van der Waals surface area contributed by atoms with Gasteiger partial charge in [-0.3, -0.25) is 0 Å². The van der Waals surface area contributed by atoms with Crippen molar-refractivity contribution in [2.24, 2.45) is 0 Å². The maximum absolute atomic E-state index is 11.3. The van der Waals surface area contributed by atoms with Crippen molar-refractivity contribution in [2.75, 3.05) is 13.7 Å². The van der Waals surface area contributed by atoms with E-state index in [-0.39, 0.29) is 16.5 Å². The largest absolute Gasteiger partial charge is 0.479 e. The molecule has 7 heteroatoms. The molecule has 1 heterocycles. The highest BCUT2D eigenvalue weighted by Gasteiger charge is 2.15. The minimum atomic E-state index is -1.16. The first-order valence-corrected chi connectivity index (χ1v) is 4.51. The molecule has 16 heavy (non-hydrogen) atoms. The van der Waals surface area contributed by atoms with E-state index in [0.29, 0.717) is 0 Å². The van der Waals surface area contributed by atoms with Crippen LogP contribution in [0.2, 0.25) is 5.15 Å². The first kappa shape index (κ1) is 12.3. The van der Waals surface area contributed by atoms with Crippen LogP contribution < -0.4 is 4.74 Å². The number of carbonyl (C=O) groups excluding carboxylic acids is 1. The monoisotopic (exact) mass is 245 g/mol. The summed E-state index contributed by atoms with van der Waals surface area (Å²) in [5, 5.41) is 8.51. The molecular formula is C9H8ClNO5. The molecule has 0 spiro atoms. The zero-order valence-electron chi connectivity index (χ0n) is 8.27. The normalized spacial score (nSPS) is 9.62. The van der Waals surface area contributed by atoms with E-state index in [1.54, 1.807) is 0 Å². The summed E-state index contributed by atoms with van der Waals surface area (Å²) in [5.74, 6) is -1.82. The molecule has 86 valence electrons. The molecular weight excluding hydrogens is 238 g/mol. The van der Waals surface area contributed by atoms with Gasteiger partial charge in [0.25, 0.3) is 0 Å². The Morgan fingerprint density at radius 3 is 2.81 bits per heavy atom. The topological polar surface area (TPSA) is 85.7 Å². The molecule has 0 saturated carbocycles. The minimum Gasteiger partial charge on any atom is -0.479 e. The average Bonchev–Trinajstić information content (AvgIpc) is 2.26. The number of nitrogens with zero attached hydrogens (tertiary/aromatic N) is 1. The summed E-state index contributed by atoms with van der Waals surface area (Å²) in [6, 6.07) is 1.24. The lowest BCUT2D eigenvalue weighted by molar-refractivity contribution is -0.139. The lowest BCUT2D eigenvalue weighted by Crippen LogP contribution is -2.13. The van der Waals surface area contributed by atoms with E-state index in [4.69, 9.17) is 21.4 Å². The van der Waals surface area contributed by atoms with Gasteiger partial charge in [-0.1, -0.05) is 11.6 Å². The molecule has 0 unspecified atom stereocenters. The van der Waals surface area contributed by atoms with Crippen molar-refractivity contribution in [3.63, 3.8) is 0 Å². The average molecular weight is 246 g/mol. The van der Waals surface area contributed by atoms with Crippen molar-refractivity contribution < 1.29 is 24.2 Å². The second kappa shape index (κ2) is 5.32. The molecule has 0 amide bonds. The number of hydrogen-bond acceptors (Lipinski definition) is 5. The molecule has 0 fully saturated rings. The van der Waals surface area contributed by atoms with Crippen LogP contribution in [0, 0.1) is 0 Å². The summed E-state index contributed by atoms with van der Waals surface area (Å²) >= 11 is 5.59. The van der Waals surface area contributed by atoms with Crippen LogP contribution in [0.5, 0.6) is 5.75 Å². The third-order valence-corrected chi connectivity index (χ3v) is 1.80. The maximum atomic E-state index is 11.3. The first-order valence-electron chi connectivity index (χ1n) is 4.13. The Labute approximate surface area is 95.8 Å². The molecule has 1 rings (SSSR count). The fourth-order valence-corrected chi connectivity index (χ4v) is 1.10. The highest BCUT2D eigenvalue weighted by Crippen LogP contribution is 2.21. The fourth-order valence-electron chi connectivity index (χ4n) is 0.941. The highest BCUT2D eigenvalue weighted by molar-refractivity contribution is 6.29. The fraction of sp³-hybridized carbons (Fsp3) is 0.222. The van der Waals surface area contributed by atoms with Crippen molar-refractivity contribution in [1.29, 1.82) is 0 Å². The summed E-state index contributed by atoms with van der Waals surface area (Å²) in [4.78, 5) is 25.3. The van der Waals surface area contributed by atoms with Gasteiger partial charge in [-0.05, 0) is 6.07 Å². The van der Waals surface area contributed by atoms with Crippen molar-refractivity contribution >= 4 is 23.5 Å². The number of aromatic nitrogens is 1. The van der Waals surface area contributed by atoms with E-state index >= 15 is 0 Å². The molecule has 1 N–H and O–H groups in total. The molecule has 0 radical (unpaired) electrons. The quantitative estimate of drug-likeness (QED) is 0.629. The molecule has 0 aromatic carbocycles. The lowest BCUT2D eigenvalue weighted by atomic mass is 10.2. The Balaban J connectivity index is 2.98. The van der Waals surface area contributed by atoms with E-state index in [9.17, 15) is 9.59 Å². The molecule has 0 aliphatic rings. The number of ether oxygens (including phenoxy) is 2. The number of pyridine rings is 1. The number of esters is 1. The minimum absolute atomic E-state index is 0.0126. The number of carboxylic acid groups (broad SMARTS) is 1. The van der Waals surface area contributed by atoms with Gasteiger partial charge in [-0.2, -0.15) is 0 Å². The molecule has 6 nitrogen and oxygen atoms in total. The van der Waals surface area contributed by atoms with Crippen LogP contribution in [0.15, 0.2) is 12.3 Å².